The number of aryl methyl sites for hydroxylation is 1. The third-order valence-corrected chi connectivity index (χ3v) is 7.20. The topological polar surface area (TPSA) is 169 Å². The molecule has 1 aliphatic rings. The highest BCUT2D eigenvalue weighted by Gasteiger charge is 2.31. The molecule has 0 aliphatic carbocycles. The van der Waals surface area contributed by atoms with Crippen LogP contribution < -0.4 is 27.4 Å². The Kier molecular flexibility index (Phi) is 12.5. The van der Waals surface area contributed by atoms with Crippen LogP contribution in [0.25, 0.3) is 0 Å². The van der Waals surface area contributed by atoms with Crippen LogP contribution in [0.1, 0.15) is 57.9 Å². The molecule has 2 heterocycles. The number of urea groups is 1. The van der Waals surface area contributed by atoms with E-state index in [0.717, 1.165) is 24.8 Å². The molecule has 2 aromatic rings. The molecule has 228 valence electrons. The minimum absolute atomic E-state index is 0.102. The van der Waals surface area contributed by atoms with E-state index in [4.69, 9.17) is 5.73 Å². The Morgan fingerprint density at radius 3 is 2.36 bits per heavy atom. The van der Waals surface area contributed by atoms with Crippen molar-refractivity contribution in [1.82, 2.24) is 30.4 Å². The number of hydrogen-bond acceptors (Lipinski definition) is 7. The largest absolute Gasteiger partial charge is 0.385 e. The van der Waals surface area contributed by atoms with Gasteiger partial charge in [0.25, 0.3) is 5.91 Å². The molecule has 0 radical (unpaired) electrons. The number of piperidine rings is 1. The van der Waals surface area contributed by atoms with Gasteiger partial charge in [-0.05, 0) is 62.5 Å². The van der Waals surface area contributed by atoms with Crippen LogP contribution in [0.15, 0.2) is 47.4 Å². The third kappa shape index (κ3) is 10.0. The lowest BCUT2D eigenvalue weighted by molar-refractivity contribution is -0.140. The molecule has 5 N–H and O–H groups in total. The standard InChI is InChI=1S/C30H43N7O5/c1-21(2)20-24(35-30(42)36-17-7-4-8-18-36)27(39)34-23(13-12-22-10-5-3-6-11-22)26(38)28(40)32-15-9-19-37-25(31)14-16-33-29(37)41/h3,5-6,10-11,14,16,21,23-24H,4,7-9,12-13,15,17-20,31H2,1-2H3,(H,32,40)(H,34,39)(H,35,42)/t23?,24-/m0/s1. The van der Waals surface area contributed by atoms with Gasteiger partial charge in [0.2, 0.25) is 11.7 Å². The summed E-state index contributed by atoms with van der Waals surface area (Å²) in [6.45, 7) is 5.52. The number of carbonyl (C=O) groups excluding carboxylic acids is 4. The van der Waals surface area contributed by atoms with Crippen molar-refractivity contribution in [3.8, 4) is 0 Å². The van der Waals surface area contributed by atoms with Crippen molar-refractivity contribution < 1.29 is 19.2 Å². The molecule has 1 aromatic heterocycles. The lowest BCUT2D eigenvalue weighted by atomic mass is 9.99. The second-order valence-corrected chi connectivity index (χ2v) is 11.0. The number of nitrogen functional groups attached to an aromatic ring is 1. The molecular formula is C30H43N7O5. The molecule has 2 atom stereocenters. The van der Waals surface area contributed by atoms with Crippen LogP contribution in [0.3, 0.4) is 0 Å². The van der Waals surface area contributed by atoms with Crippen molar-refractivity contribution in [2.45, 2.75) is 77.4 Å². The van der Waals surface area contributed by atoms with Gasteiger partial charge in [-0.3, -0.25) is 19.0 Å². The number of Topliss-reactive ketones (excluding diaryl/α,β-unsaturated/α-hetero) is 1. The van der Waals surface area contributed by atoms with E-state index in [1.807, 2.05) is 44.2 Å². The number of nitrogens with one attached hydrogen (secondary N) is 3. The van der Waals surface area contributed by atoms with E-state index < -0.39 is 35.4 Å². The normalized spacial score (nSPS) is 14.6. The average Bonchev–Trinajstić information content (AvgIpc) is 2.98. The predicted molar refractivity (Wildman–Crippen MR) is 159 cm³/mol. The summed E-state index contributed by atoms with van der Waals surface area (Å²) >= 11 is 0. The van der Waals surface area contributed by atoms with Crippen molar-refractivity contribution in [2.75, 3.05) is 25.4 Å². The van der Waals surface area contributed by atoms with Crippen molar-refractivity contribution in [1.29, 1.82) is 0 Å². The van der Waals surface area contributed by atoms with E-state index in [-0.39, 0.29) is 37.3 Å². The number of nitrogens with zero attached hydrogens (tertiary/aromatic N) is 3. The highest BCUT2D eigenvalue weighted by Crippen LogP contribution is 2.12. The Morgan fingerprint density at radius 2 is 1.69 bits per heavy atom. The van der Waals surface area contributed by atoms with Gasteiger partial charge in [0, 0.05) is 32.4 Å². The van der Waals surface area contributed by atoms with Gasteiger partial charge in [0.1, 0.15) is 11.9 Å². The van der Waals surface area contributed by atoms with E-state index in [0.29, 0.717) is 32.4 Å². The summed E-state index contributed by atoms with van der Waals surface area (Å²) in [5.74, 6) is -1.75. The highest BCUT2D eigenvalue weighted by atomic mass is 16.2. The minimum atomic E-state index is -1.09. The smallest absolute Gasteiger partial charge is 0.349 e. The number of anilines is 1. The Bertz CT molecular complexity index is 1260. The van der Waals surface area contributed by atoms with Crippen molar-refractivity contribution >= 4 is 29.4 Å². The number of benzene rings is 1. The van der Waals surface area contributed by atoms with Crippen molar-refractivity contribution in [3.63, 3.8) is 0 Å². The minimum Gasteiger partial charge on any atom is -0.385 e. The zero-order valence-electron chi connectivity index (χ0n) is 24.5. The van der Waals surface area contributed by atoms with Crippen LogP contribution in [0.4, 0.5) is 10.6 Å². The number of carbonyl (C=O) groups is 4. The fraction of sp³-hybridized carbons (Fsp3) is 0.533. The summed E-state index contributed by atoms with van der Waals surface area (Å²) < 4.78 is 1.28. The molecule has 1 unspecified atom stereocenters. The van der Waals surface area contributed by atoms with Crippen LogP contribution in [0.2, 0.25) is 0 Å². The van der Waals surface area contributed by atoms with Crippen molar-refractivity contribution in [3.05, 3.63) is 58.6 Å². The second-order valence-electron chi connectivity index (χ2n) is 11.0. The van der Waals surface area contributed by atoms with Gasteiger partial charge in [0.05, 0.1) is 6.04 Å². The van der Waals surface area contributed by atoms with E-state index in [1.165, 1.54) is 16.8 Å². The van der Waals surface area contributed by atoms with Crippen LogP contribution in [0.5, 0.6) is 0 Å². The molecule has 0 bridgehead atoms. The summed E-state index contributed by atoms with van der Waals surface area (Å²) in [6.07, 6.45) is 5.63. The van der Waals surface area contributed by atoms with Crippen LogP contribution >= 0.6 is 0 Å². The van der Waals surface area contributed by atoms with Gasteiger partial charge in [-0.25, -0.2) is 14.6 Å². The number of likely N-dealkylation sites (tertiary alicyclic amines) is 1. The molecule has 0 spiro atoms. The molecule has 1 aromatic carbocycles. The molecule has 3 rings (SSSR count). The summed E-state index contributed by atoms with van der Waals surface area (Å²) in [6, 6.07) is 8.74. The van der Waals surface area contributed by atoms with Gasteiger partial charge in [-0.15, -0.1) is 0 Å². The van der Waals surface area contributed by atoms with Crippen molar-refractivity contribution in [2.24, 2.45) is 5.92 Å². The fourth-order valence-corrected chi connectivity index (χ4v) is 4.89. The van der Waals surface area contributed by atoms with E-state index in [1.54, 1.807) is 4.90 Å². The molecule has 1 aliphatic heterocycles. The first-order valence-corrected chi connectivity index (χ1v) is 14.7. The number of rotatable bonds is 14. The van der Waals surface area contributed by atoms with Gasteiger partial charge in [-0.1, -0.05) is 44.2 Å². The first-order chi connectivity index (χ1) is 20.2. The Hall–Kier alpha value is -4.22. The molecular weight excluding hydrogens is 538 g/mol. The first-order valence-electron chi connectivity index (χ1n) is 14.7. The monoisotopic (exact) mass is 581 g/mol. The zero-order chi connectivity index (χ0) is 30.5. The lowest BCUT2D eigenvalue weighted by Gasteiger charge is -2.30. The predicted octanol–water partition coefficient (Wildman–Crippen LogP) is 1.63. The number of hydrogen-bond donors (Lipinski definition) is 4. The Labute approximate surface area is 246 Å². The van der Waals surface area contributed by atoms with Gasteiger partial charge in [-0.2, -0.15) is 0 Å². The van der Waals surface area contributed by atoms with Gasteiger partial charge >= 0.3 is 11.7 Å². The van der Waals surface area contributed by atoms with E-state index in [2.05, 4.69) is 20.9 Å². The molecule has 12 heteroatoms. The summed E-state index contributed by atoms with van der Waals surface area (Å²) in [7, 11) is 0. The Balaban J connectivity index is 1.65. The van der Waals surface area contributed by atoms with Gasteiger partial charge < -0.3 is 26.6 Å². The number of ketones is 1. The lowest BCUT2D eigenvalue weighted by Crippen LogP contribution is -2.56. The number of nitrogens with two attached hydrogens (primary N) is 1. The summed E-state index contributed by atoms with van der Waals surface area (Å²) in [4.78, 5) is 69.8. The van der Waals surface area contributed by atoms with E-state index >= 15 is 0 Å². The average molecular weight is 582 g/mol. The maximum atomic E-state index is 13.4. The molecule has 0 saturated carbocycles. The summed E-state index contributed by atoms with van der Waals surface area (Å²) in [5, 5.41) is 8.20. The van der Waals surface area contributed by atoms with Crippen LogP contribution in [0, 0.1) is 5.92 Å². The summed E-state index contributed by atoms with van der Waals surface area (Å²) in [5.41, 5.74) is 6.28. The van der Waals surface area contributed by atoms with Crippen LogP contribution in [-0.4, -0.2) is 69.8 Å². The number of amides is 4. The third-order valence-electron chi connectivity index (χ3n) is 7.20. The molecule has 4 amide bonds. The Morgan fingerprint density at radius 1 is 0.976 bits per heavy atom. The van der Waals surface area contributed by atoms with Crippen LogP contribution in [-0.2, 0) is 27.3 Å². The first kappa shape index (κ1) is 32.3. The van der Waals surface area contributed by atoms with Gasteiger partial charge in [0.15, 0.2) is 0 Å². The number of aromatic nitrogens is 2. The second kappa shape index (κ2) is 16.3. The fourth-order valence-electron chi connectivity index (χ4n) is 4.89. The SMILES string of the molecule is CC(C)C[C@H](NC(=O)N1CCCCC1)C(=O)NC(CCc1ccccc1)C(=O)C(=O)NCCCn1c(N)ccnc1=O. The molecule has 42 heavy (non-hydrogen) atoms. The van der Waals surface area contributed by atoms with E-state index in [9.17, 15) is 24.0 Å². The molecule has 12 nitrogen and oxygen atoms in total. The molecule has 1 fully saturated rings. The zero-order valence-corrected chi connectivity index (χ0v) is 24.5. The maximum Gasteiger partial charge on any atom is 0.349 e. The highest BCUT2D eigenvalue weighted by molar-refractivity contribution is 6.38. The quantitative estimate of drug-likeness (QED) is 0.194. The maximum absolute atomic E-state index is 13.4. The molecule has 1 saturated heterocycles.